The Labute approximate surface area is 77.6 Å². The Hall–Kier alpha value is -1.44. The number of hydrogen-bond donors (Lipinski definition) is 0. The molecule has 0 amide bonds. The second-order valence-corrected chi connectivity index (χ2v) is 3.43. The van der Waals surface area contributed by atoms with Crippen LogP contribution in [0.5, 0.6) is 0 Å². The van der Waals surface area contributed by atoms with Crippen molar-refractivity contribution in [3.63, 3.8) is 0 Å². The highest BCUT2D eigenvalue weighted by Crippen LogP contribution is 2.16. The zero-order valence-electron chi connectivity index (χ0n) is 8.13. The number of aromatic nitrogens is 2. The standard InChI is InChI=1S/C11H12N2/c1-7-4-10-9(3)13-8(2)5-11(10)12-6-7/h4-6H,1-3H3. The lowest BCUT2D eigenvalue weighted by molar-refractivity contribution is 1.14. The maximum absolute atomic E-state index is 4.40. The fourth-order valence-electron chi connectivity index (χ4n) is 1.54. The van der Waals surface area contributed by atoms with Crippen LogP contribution in [0, 0.1) is 20.8 Å². The first-order valence-electron chi connectivity index (χ1n) is 4.37. The second-order valence-electron chi connectivity index (χ2n) is 3.43. The summed E-state index contributed by atoms with van der Waals surface area (Å²) in [5.41, 5.74) is 4.31. The molecule has 0 radical (unpaired) electrons. The lowest BCUT2D eigenvalue weighted by atomic mass is 10.1. The van der Waals surface area contributed by atoms with Gasteiger partial charge < -0.3 is 0 Å². The molecule has 0 saturated heterocycles. The van der Waals surface area contributed by atoms with Crippen LogP contribution in [-0.2, 0) is 0 Å². The average molecular weight is 172 g/mol. The molecule has 0 bridgehead atoms. The van der Waals surface area contributed by atoms with Crippen LogP contribution in [0.3, 0.4) is 0 Å². The molecule has 0 aliphatic heterocycles. The maximum atomic E-state index is 4.40. The molecule has 66 valence electrons. The normalized spacial score (nSPS) is 10.7. The van der Waals surface area contributed by atoms with Crippen LogP contribution in [0.25, 0.3) is 10.9 Å². The number of nitrogens with zero attached hydrogens (tertiary/aromatic N) is 2. The quantitative estimate of drug-likeness (QED) is 0.610. The van der Waals surface area contributed by atoms with E-state index in [0.29, 0.717) is 0 Å². The molecular formula is C11H12N2. The molecule has 2 heterocycles. The first-order valence-corrected chi connectivity index (χ1v) is 4.37. The molecular weight excluding hydrogens is 160 g/mol. The molecule has 13 heavy (non-hydrogen) atoms. The van der Waals surface area contributed by atoms with Gasteiger partial charge in [0.15, 0.2) is 0 Å². The van der Waals surface area contributed by atoms with E-state index in [9.17, 15) is 0 Å². The Morgan fingerprint density at radius 1 is 1.08 bits per heavy atom. The first-order chi connectivity index (χ1) is 6.16. The lowest BCUT2D eigenvalue weighted by Crippen LogP contribution is -1.90. The molecule has 0 aliphatic carbocycles. The minimum Gasteiger partial charge on any atom is -0.258 e. The van der Waals surface area contributed by atoms with Crippen molar-refractivity contribution in [3.05, 3.63) is 35.3 Å². The zero-order chi connectivity index (χ0) is 9.42. The van der Waals surface area contributed by atoms with Gasteiger partial charge >= 0.3 is 0 Å². The van der Waals surface area contributed by atoms with Crippen LogP contribution in [0.2, 0.25) is 0 Å². The van der Waals surface area contributed by atoms with Crippen molar-refractivity contribution < 1.29 is 0 Å². The summed E-state index contributed by atoms with van der Waals surface area (Å²) in [5, 5.41) is 1.16. The zero-order valence-corrected chi connectivity index (χ0v) is 8.13. The Morgan fingerprint density at radius 2 is 1.85 bits per heavy atom. The van der Waals surface area contributed by atoms with Crippen molar-refractivity contribution >= 4 is 10.9 Å². The molecule has 0 N–H and O–H groups in total. The van der Waals surface area contributed by atoms with Crippen LogP contribution in [0.1, 0.15) is 17.0 Å². The molecule has 2 aromatic heterocycles. The van der Waals surface area contributed by atoms with Crippen LogP contribution < -0.4 is 0 Å². The van der Waals surface area contributed by atoms with E-state index < -0.39 is 0 Å². The van der Waals surface area contributed by atoms with Crippen molar-refractivity contribution in [2.24, 2.45) is 0 Å². The smallest absolute Gasteiger partial charge is 0.0738 e. The van der Waals surface area contributed by atoms with Gasteiger partial charge in [0, 0.05) is 23.0 Å². The Kier molecular flexibility index (Phi) is 1.76. The van der Waals surface area contributed by atoms with E-state index in [1.165, 1.54) is 5.56 Å². The predicted molar refractivity (Wildman–Crippen MR) is 53.7 cm³/mol. The summed E-state index contributed by atoms with van der Waals surface area (Å²) in [4.78, 5) is 8.77. The second kappa shape index (κ2) is 2.80. The number of fused-ring (bicyclic) bond motifs is 1. The van der Waals surface area contributed by atoms with E-state index in [0.717, 1.165) is 22.3 Å². The molecule has 0 saturated carbocycles. The fraction of sp³-hybridized carbons (Fsp3) is 0.273. The van der Waals surface area contributed by atoms with Crippen LogP contribution in [0.15, 0.2) is 18.3 Å². The van der Waals surface area contributed by atoms with Crippen molar-refractivity contribution in [3.8, 4) is 0 Å². The summed E-state index contributed by atoms with van der Waals surface area (Å²) in [7, 11) is 0. The highest BCUT2D eigenvalue weighted by atomic mass is 14.7. The van der Waals surface area contributed by atoms with E-state index in [1.807, 2.05) is 33.0 Å². The Morgan fingerprint density at radius 3 is 2.62 bits per heavy atom. The Balaban J connectivity index is 2.87. The highest BCUT2D eigenvalue weighted by Gasteiger charge is 2.00. The molecule has 0 spiro atoms. The van der Waals surface area contributed by atoms with Crippen molar-refractivity contribution in [2.75, 3.05) is 0 Å². The summed E-state index contributed by atoms with van der Waals surface area (Å²) in [6, 6.07) is 4.14. The van der Waals surface area contributed by atoms with Crippen LogP contribution in [-0.4, -0.2) is 9.97 Å². The van der Waals surface area contributed by atoms with Gasteiger partial charge in [-0.15, -0.1) is 0 Å². The third-order valence-corrected chi connectivity index (χ3v) is 2.13. The maximum Gasteiger partial charge on any atom is 0.0738 e. The first kappa shape index (κ1) is 8.17. The summed E-state index contributed by atoms with van der Waals surface area (Å²) >= 11 is 0. The number of pyridine rings is 2. The van der Waals surface area contributed by atoms with Gasteiger partial charge in [-0.05, 0) is 38.5 Å². The van der Waals surface area contributed by atoms with E-state index >= 15 is 0 Å². The van der Waals surface area contributed by atoms with Gasteiger partial charge in [-0.25, -0.2) is 0 Å². The van der Waals surface area contributed by atoms with Gasteiger partial charge in [0.2, 0.25) is 0 Å². The van der Waals surface area contributed by atoms with Crippen molar-refractivity contribution in [2.45, 2.75) is 20.8 Å². The van der Waals surface area contributed by atoms with E-state index in [1.54, 1.807) is 0 Å². The van der Waals surface area contributed by atoms with Crippen molar-refractivity contribution in [1.82, 2.24) is 9.97 Å². The molecule has 2 rings (SSSR count). The number of aryl methyl sites for hydroxylation is 3. The largest absolute Gasteiger partial charge is 0.258 e. The molecule has 2 heteroatoms. The molecule has 0 aromatic carbocycles. The Bertz CT molecular complexity index is 461. The van der Waals surface area contributed by atoms with E-state index in [-0.39, 0.29) is 0 Å². The number of hydrogen-bond acceptors (Lipinski definition) is 2. The van der Waals surface area contributed by atoms with E-state index in [2.05, 4.69) is 16.0 Å². The average Bonchev–Trinajstić information content (AvgIpc) is 2.06. The van der Waals surface area contributed by atoms with Gasteiger partial charge in [0.05, 0.1) is 5.52 Å². The van der Waals surface area contributed by atoms with Crippen LogP contribution >= 0.6 is 0 Å². The van der Waals surface area contributed by atoms with Gasteiger partial charge in [-0.3, -0.25) is 9.97 Å². The fourth-order valence-corrected chi connectivity index (χ4v) is 1.54. The summed E-state index contributed by atoms with van der Waals surface area (Å²) in [5.74, 6) is 0. The van der Waals surface area contributed by atoms with Crippen LogP contribution in [0.4, 0.5) is 0 Å². The molecule has 0 aliphatic rings. The van der Waals surface area contributed by atoms with Gasteiger partial charge in [-0.2, -0.15) is 0 Å². The lowest BCUT2D eigenvalue weighted by Gasteiger charge is -2.03. The predicted octanol–water partition coefficient (Wildman–Crippen LogP) is 2.56. The van der Waals surface area contributed by atoms with Gasteiger partial charge in [0.25, 0.3) is 0 Å². The summed E-state index contributed by atoms with van der Waals surface area (Å²) < 4.78 is 0. The monoisotopic (exact) mass is 172 g/mol. The molecule has 0 unspecified atom stereocenters. The summed E-state index contributed by atoms with van der Waals surface area (Å²) in [6.07, 6.45) is 1.89. The SMILES string of the molecule is Cc1cnc2cc(C)nc(C)c2c1. The molecule has 2 aromatic rings. The van der Waals surface area contributed by atoms with Crippen molar-refractivity contribution in [1.29, 1.82) is 0 Å². The third-order valence-electron chi connectivity index (χ3n) is 2.13. The summed E-state index contributed by atoms with van der Waals surface area (Å²) in [6.45, 7) is 6.07. The highest BCUT2D eigenvalue weighted by molar-refractivity contribution is 5.81. The topological polar surface area (TPSA) is 25.8 Å². The minimum atomic E-state index is 1.03. The minimum absolute atomic E-state index is 1.03. The van der Waals surface area contributed by atoms with E-state index in [4.69, 9.17) is 0 Å². The third kappa shape index (κ3) is 1.39. The molecule has 2 nitrogen and oxygen atoms in total. The molecule has 0 fully saturated rings. The van der Waals surface area contributed by atoms with Gasteiger partial charge in [-0.1, -0.05) is 0 Å². The molecule has 0 atom stereocenters. The van der Waals surface area contributed by atoms with Gasteiger partial charge in [0.1, 0.15) is 0 Å². The number of rotatable bonds is 0.